The lowest BCUT2D eigenvalue weighted by Crippen LogP contribution is -2.42. The van der Waals surface area contributed by atoms with Crippen molar-refractivity contribution < 1.29 is 23.8 Å². The molecule has 4 heterocycles. The number of aryl methyl sites for hydroxylation is 1. The molecule has 1 atom stereocenters. The number of amides is 2. The van der Waals surface area contributed by atoms with Gasteiger partial charge in [0.2, 0.25) is 0 Å². The molecule has 2 saturated heterocycles. The van der Waals surface area contributed by atoms with Gasteiger partial charge in [-0.1, -0.05) is 0 Å². The Balaban J connectivity index is 1.35. The fourth-order valence-corrected chi connectivity index (χ4v) is 3.68. The van der Waals surface area contributed by atoms with E-state index in [4.69, 9.17) is 14.2 Å². The van der Waals surface area contributed by atoms with E-state index < -0.39 is 0 Å². The van der Waals surface area contributed by atoms with E-state index >= 15 is 0 Å². The Hall–Kier alpha value is -3.92. The van der Waals surface area contributed by atoms with Gasteiger partial charge < -0.3 is 24.4 Å². The molecule has 0 unspecified atom stereocenters. The van der Waals surface area contributed by atoms with E-state index in [0.717, 1.165) is 25.9 Å². The van der Waals surface area contributed by atoms with Gasteiger partial charge in [0, 0.05) is 50.5 Å². The van der Waals surface area contributed by atoms with Crippen LogP contribution in [0.25, 0.3) is 0 Å². The van der Waals surface area contributed by atoms with E-state index in [0.29, 0.717) is 47.5 Å². The summed E-state index contributed by atoms with van der Waals surface area (Å²) in [6, 6.07) is 10.0. The predicted octanol–water partition coefficient (Wildman–Crippen LogP) is 2.87. The second-order valence-corrected chi connectivity index (χ2v) is 8.25. The number of anilines is 1. The molecule has 0 saturated carbocycles. The summed E-state index contributed by atoms with van der Waals surface area (Å²) in [7, 11) is 1.77. The highest BCUT2D eigenvalue weighted by Crippen LogP contribution is 2.29. The first kappa shape index (κ1) is 21.9. The molecule has 34 heavy (non-hydrogen) atoms. The van der Waals surface area contributed by atoms with Crippen molar-refractivity contribution in [1.29, 1.82) is 0 Å². The Morgan fingerprint density at radius 3 is 2.62 bits per heavy atom. The zero-order valence-corrected chi connectivity index (χ0v) is 18.8. The average molecular weight is 463 g/mol. The van der Waals surface area contributed by atoms with E-state index in [1.54, 1.807) is 59.2 Å². The zero-order valence-electron chi connectivity index (χ0n) is 18.8. The zero-order chi connectivity index (χ0) is 23.5. The molecule has 2 amide bonds. The lowest BCUT2D eigenvalue weighted by atomic mass is 10.1. The number of likely N-dealkylation sites (tertiary alicyclic amines) is 1. The van der Waals surface area contributed by atoms with Crippen LogP contribution in [0.4, 0.5) is 5.82 Å². The summed E-state index contributed by atoms with van der Waals surface area (Å²) in [6.07, 6.45) is 4.95. The first-order valence-corrected chi connectivity index (χ1v) is 11.2. The van der Waals surface area contributed by atoms with Crippen LogP contribution in [-0.2, 0) is 11.8 Å². The van der Waals surface area contributed by atoms with Crippen molar-refractivity contribution in [2.24, 2.45) is 7.05 Å². The smallest absolute Gasteiger partial charge is 0.272 e. The maximum Gasteiger partial charge on any atom is 0.272 e. The van der Waals surface area contributed by atoms with Crippen LogP contribution >= 0.6 is 0 Å². The molecule has 3 aromatic rings. The molecule has 0 spiro atoms. The van der Waals surface area contributed by atoms with Crippen molar-refractivity contribution in [3.05, 3.63) is 60.0 Å². The Morgan fingerprint density at radius 2 is 1.97 bits per heavy atom. The summed E-state index contributed by atoms with van der Waals surface area (Å²) in [5.74, 6) is 1.36. The lowest BCUT2D eigenvalue weighted by Gasteiger charge is -2.30. The van der Waals surface area contributed by atoms with Crippen molar-refractivity contribution in [2.75, 3.05) is 31.6 Å². The maximum atomic E-state index is 12.9. The van der Waals surface area contributed by atoms with Gasteiger partial charge in [-0.2, -0.15) is 5.10 Å². The van der Waals surface area contributed by atoms with Gasteiger partial charge in [-0.15, -0.1) is 0 Å². The van der Waals surface area contributed by atoms with Crippen LogP contribution in [0.1, 0.15) is 33.7 Å². The van der Waals surface area contributed by atoms with E-state index in [2.05, 4.69) is 15.4 Å². The van der Waals surface area contributed by atoms with Gasteiger partial charge in [0.1, 0.15) is 29.0 Å². The molecule has 10 nitrogen and oxygen atoms in total. The molecule has 2 aliphatic heterocycles. The van der Waals surface area contributed by atoms with Gasteiger partial charge in [-0.05, 0) is 30.7 Å². The number of hydrogen-bond donors (Lipinski definition) is 1. The summed E-state index contributed by atoms with van der Waals surface area (Å²) in [6.45, 7) is 2.67. The molecule has 2 aliphatic rings. The second kappa shape index (κ2) is 9.52. The number of hydrogen-bond acceptors (Lipinski definition) is 7. The van der Waals surface area contributed by atoms with Gasteiger partial charge in [0.05, 0.1) is 19.4 Å². The van der Waals surface area contributed by atoms with Crippen molar-refractivity contribution in [2.45, 2.75) is 18.9 Å². The molecule has 5 rings (SSSR count). The summed E-state index contributed by atoms with van der Waals surface area (Å²) in [4.78, 5) is 31.2. The van der Waals surface area contributed by atoms with Crippen LogP contribution in [0.5, 0.6) is 17.2 Å². The molecular formula is C24H25N5O5. The minimum Gasteiger partial charge on any atom is -0.488 e. The Kier molecular flexibility index (Phi) is 6.13. The number of nitrogens with one attached hydrogen (secondary N) is 1. The Bertz CT molecular complexity index is 1180. The van der Waals surface area contributed by atoms with Gasteiger partial charge in [-0.25, -0.2) is 4.98 Å². The SMILES string of the molecule is Cn1ccc(NC(=O)c2cc(Oc3ccc(C(=O)N4CCC4)nc3)cc(O[C@@H]3CCOC3)c2)n1. The van der Waals surface area contributed by atoms with Crippen LogP contribution in [0.15, 0.2) is 48.8 Å². The molecule has 2 fully saturated rings. The van der Waals surface area contributed by atoms with Crippen LogP contribution < -0.4 is 14.8 Å². The second-order valence-electron chi connectivity index (χ2n) is 8.25. The van der Waals surface area contributed by atoms with E-state index in [-0.39, 0.29) is 17.9 Å². The Labute approximate surface area is 196 Å². The molecular weight excluding hydrogens is 438 g/mol. The van der Waals surface area contributed by atoms with Crippen LogP contribution in [0, 0.1) is 0 Å². The van der Waals surface area contributed by atoms with Crippen molar-refractivity contribution >= 4 is 17.6 Å². The van der Waals surface area contributed by atoms with Gasteiger partial charge in [-0.3, -0.25) is 14.3 Å². The van der Waals surface area contributed by atoms with Gasteiger partial charge in [0.15, 0.2) is 5.82 Å². The highest BCUT2D eigenvalue weighted by Gasteiger charge is 2.23. The van der Waals surface area contributed by atoms with Crippen molar-refractivity contribution in [1.82, 2.24) is 19.7 Å². The monoisotopic (exact) mass is 463 g/mol. The van der Waals surface area contributed by atoms with E-state index in [9.17, 15) is 9.59 Å². The molecule has 176 valence electrons. The van der Waals surface area contributed by atoms with E-state index in [1.807, 2.05) is 0 Å². The quantitative estimate of drug-likeness (QED) is 0.574. The fourth-order valence-electron chi connectivity index (χ4n) is 3.68. The normalized spacial score (nSPS) is 17.2. The molecule has 1 N–H and O–H groups in total. The third kappa shape index (κ3) is 5.01. The number of pyridine rings is 1. The summed E-state index contributed by atoms with van der Waals surface area (Å²) in [5, 5.41) is 6.95. The molecule has 0 bridgehead atoms. The first-order chi connectivity index (χ1) is 16.5. The lowest BCUT2D eigenvalue weighted by molar-refractivity contribution is 0.0645. The first-order valence-electron chi connectivity index (χ1n) is 11.2. The average Bonchev–Trinajstić information content (AvgIpc) is 3.44. The number of carbonyl (C=O) groups excluding carboxylic acids is 2. The third-order valence-corrected chi connectivity index (χ3v) is 5.62. The van der Waals surface area contributed by atoms with Crippen LogP contribution in [0.3, 0.4) is 0 Å². The number of benzene rings is 1. The molecule has 10 heteroatoms. The Morgan fingerprint density at radius 1 is 1.12 bits per heavy atom. The van der Waals surface area contributed by atoms with Gasteiger partial charge in [0.25, 0.3) is 11.8 Å². The van der Waals surface area contributed by atoms with Crippen LogP contribution in [-0.4, -0.2) is 63.9 Å². The predicted molar refractivity (Wildman–Crippen MR) is 122 cm³/mol. The highest BCUT2D eigenvalue weighted by atomic mass is 16.5. The van der Waals surface area contributed by atoms with Crippen LogP contribution in [0.2, 0.25) is 0 Å². The van der Waals surface area contributed by atoms with Crippen molar-refractivity contribution in [3.63, 3.8) is 0 Å². The largest absolute Gasteiger partial charge is 0.488 e. The topological polar surface area (TPSA) is 108 Å². The summed E-state index contributed by atoms with van der Waals surface area (Å²) in [5.41, 5.74) is 0.732. The van der Waals surface area contributed by atoms with E-state index in [1.165, 1.54) is 6.20 Å². The number of carbonyl (C=O) groups is 2. The minimum atomic E-state index is -0.342. The number of nitrogens with zero attached hydrogens (tertiary/aromatic N) is 4. The summed E-state index contributed by atoms with van der Waals surface area (Å²) < 4.78 is 19.0. The number of rotatable bonds is 7. The number of aromatic nitrogens is 3. The molecule has 0 aliphatic carbocycles. The molecule has 2 aromatic heterocycles. The third-order valence-electron chi connectivity index (χ3n) is 5.62. The van der Waals surface area contributed by atoms with Crippen molar-refractivity contribution in [3.8, 4) is 17.2 Å². The summed E-state index contributed by atoms with van der Waals surface area (Å²) >= 11 is 0. The minimum absolute atomic E-state index is 0.0829. The molecule has 1 aromatic carbocycles. The highest BCUT2D eigenvalue weighted by molar-refractivity contribution is 6.04. The standard InChI is InChI=1S/C24H25N5O5/c1-28-9-5-22(27-28)26-23(30)16-11-19(13-20(12-16)34-18-6-10-32-15-18)33-17-3-4-21(25-14-17)24(31)29-7-2-8-29/h3-5,9,11-14,18H,2,6-8,10,15H2,1H3,(H,26,27,30)/t18-/m1/s1. The van der Waals surface area contributed by atoms with Gasteiger partial charge >= 0.3 is 0 Å². The number of ether oxygens (including phenoxy) is 3. The maximum absolute atomic E-state index is 12.9. The fraction of sp³-hybridized carbons (Fsp3) is 0.333. The molecule has 0 radical (unpaired) electrons.